The molecule has 0 unspecified atom stereocenters. The van der Waals surface area contributed by atoms with Gasteiger partial charge in [0, 0.05) is 35.9 Å². The van der Waals surface area contributed by atoms with Crippen LogP contribution < -0.4 is 0 Å². The third kappa shape index (κ3) is 4.32. The number of pyridine rings is 1. The molecule has 0 aliphatic carbocycles. The molecule has 0 bridgehead atoms. The van der Waals surface area contributed by atoms with Crippen LogP contribution in [0.3, 0.4) is 0 Å². The molecular formula is C26H24FN5O2. The van der Waals surface area contributed by atoms with Gasteiger partial charge in [-0.1, -0.05) is 30.7 Å². The Morgan fingerprint density at radius 1 is 1.09 bits per heavy atom. The monoisotopic (exact) mass is 457 g/mol. The van der Waals surface area contributed by atoms with Gasteiger partial charge in [-0.2, -0.15) is 0 Å². The molecule has 172 valence electrons. The second-order valence-corrected chi connectivity index (χ2v) is 8.38. The van der Waals surface area contributed by atoms with Gasteiger partial charge in [-0.3, -0.25) is 19.2 Å². The molecule has 1 saturated heterocycles. The van der Waals surface area contributed by atoms with E-state index in [-0.39, 0.29) is 23.2 Å². The number of amides is 1. The predicted molar refractivity (Wildman–Crippen MR) is 126 cm³/mol. The quantitative estimate of drug-likeness (QED) is 0.373. The minimum atomic E-state index is -0.607. The van der Waals surface area contributed by atoms with Crippen LogP contribution in [-0.4, -0.2) is 32.0 Å². The van der Waals surface area contributed by atoms with Gasteiger partial charge in [0.2, 0.25) is 5.88 Å². The van der Waals surface area contributed by atoms with Crippen molar-refractivity contribution < 1.29 is 14.3 Å². The molecule has 0 spiro atoms. The standard InChI is InChI=1S/C26H24FN5O2/c27-20-12-10-18(11-13-20)25(33)30-29-24-21-7-1-2-9-23(21)32(26(24)34)17-31-15-4-3-8-22(31)19-6-5-14-28-16-19/h1-2,5-7,9-14,16,22,34H,3-4,8,15,17H2/t22-/m0/s1. The summed E-state index contributed by atoms with van der Waals surface area (Å²) in [6.07, 6.45) is 6.91. The van der Waals surface area contributed by atoms with Gasteiger partial charge in [0.05, 0.1) is 12.2 Å². The van der Waals surface area contributed by atoms with E-state index in [1.165, 1.54) is 24.3 Å². The Morgan fingerprint density at radius 2 is 1.91 bits per heavy atom. The van der Waals surface area contributed by atoms with Gasteiger partial charge in [0.15, 0.2) is 5.69 Å². The summed E-state index contributed by atoms with van der Waals surface area (Å²) in [5.41, 5.74) is 2.42. The normalized spacial score (nSPS) is 16.9. The molecule has 1 aliphatic rings. The first-order valence-electron chi connectivity index (χ1n) is 11.3. The van der Waals surface area contributed by atoms with Gasteiger partial charge in [-0.05, 0) is 54.8 Å². The lowest BCUT2D eigenvalue weighted by molar-refractivity contribution is 0.0995. The fourth-order valence-electron chi connectivity index (χ4n) is 4.55. The lowest BCUT2D eigenvalue weighted by Gasteiger charge is -2.36. The number of benzene rings is 2. The minimum Gasteiger partial charge on any atom is -0.493 e. The number of hydrogen-bond acceptors (Lipinski definition) is 5. The number of carbonyl (C=O) groups is 1. The van der Waals surface area contributed by atoms with Gasteiger partial charge in [-0.15, -0.1) is 10.2 Å². The Balaban J connectivity index is 1.47. The highest BCUT2D eigenvalue weighted by molar-refractivity contribution is 5.97. The predicted octanol–water partition coefficient (Wildman–Crippen LogP) is 5.99. The van der Waals surface area contributed by atoms with Crippen molar-refractivity contribution in [1.82, 2.24) is 14.5 Å². The topological polar surface area (TPSA) is 83.1 Å². The van der Waals surface area contributed by atoms with E-state index in [4.69, 9.17) is 0 Å². The number of aromatic hydroxyl groups is 1. The van der Waals surface area contributed by atoms with E-state index < -0.39 is 11.7 Å². The second kappa shape index (κ2) is 9.52. The maximum Gasteiger partial charge on any atom is 0.295 e. The fourth-order valence-corrected chi connectivity index (χ4v) is 4.55. The highest BCUT2D eigenvalue weighted by atomic mass is 19.1. The number of likely N-dealkylation sites (tertiary alicyclic amines) is 1. The van der Waals surface area contributed by atoms with Crippen molar-refractivity contribution >= 4 is 22.5 Å². The van der Waals surface area contributed by atoms with Gasteiger partial charge in [0.25, 0.3) is 5.91 Å². The van der Waals surface area contributed by atoms with Crippen LogP contribution >= 0.6 is 0 Å². The van der Waals surface area contributed by atoms with E-state index >= 15 is 0 Å². The van der Waals surface area contributed by atoms with Gasteiger partial charge in [0.1, 0.15) is 5.82 Å². The van der Waals surface area contributed by atoms with Crippen LogP contribution in [0.4, 0.5) is 10.1 Å². The first-order chi connectivity index (χ1) is 16.6. The summed E-state index contributed by atoms with van der Waals surface area (Å²) in [5.74, 6) is -1.09. The molecule has 1 amide bonds. The number of aromatic nitrogens is 2. The average molecular weight is 458 g/mol. The molecule has 7 nitrogen and oxygen atoms in total. The van der Waals surface area contributed by atoms with Crippen molar-refractivity contribution in [2.75, 3.05) is 6.54 Å². The Kier molecular flexibility index (Phi) is 6.14. The number of para-hydroxylation sites is 1. The van der Waals surface area contributed by atoms with Gasteiger partial charge in [-0.25, -0.2) is 4.39 Å². The van der Waals surface area contributed by atoms with Crippen LogP contribution in [0.1, 0.15) is 41.2 Å². The largest absolute Gasteiger partial charge is 0.493 e. The van der Waals surface area contributed by atoms with Crippen molar-refractivity contribution in [2.24, 2.45) is 10.2 Å². The lowest BCUT2D eigenvalue weighted by atomic mass is 9.97. The van der Waals surface area contributed by atoms with E-state index in [1.54, 1.807) is 10.8 Å². The summed E-state index contributed by atoms with van der Waals surface area (Å²) in [5, 5.41) is 19.7. The highest BCUT2D eigenvalue weighted by Crippen LogP contribution is 2.40. The number of azo groups is 1. The molecule has 0 saturated carbocycles. The molecule has 5 rings (SSSR count). The molecular weight excluding hydrogens is 433 g/mol. The Bertz CT molecular complexity index is 1330. The van der Waals surface area contributed by atoms with Crippen LogP contribution in [0.25, 0.3) is 10.9 Å². The zero-order valence-corrected chi connectivity index (χ0v) is 18.5. The van der Waals surface area contributed by atoms with E-state index in [0.29, 0.717) is 12.1 Å². The molecule has 8 heteroatoms. The van der Waals surface area contributed by atoms with Crippen molar-refractivity contribution in [2.45, 2.75) is 32.0 Å². The average Bonchev–Trinajstić information content (AvgIpc) is 3.14. The van der Waals surface area contributed by atoms with Crippen LogP contribution in [0.15, 0.2) is 83.3 Å². The number of carbonyl (C=O) groups excluding carboxylic acids is 1. The fraction of sp³-hybridized carbons (Fsp3) is 0.231. The Morgan fingerprint density at radius 3 is 2.71 bits per heavy atom. The Hall–Kier alpha value is -3.91. The molecule has 2 aromatic carbocycles. The maximum atomic E-state index is 13.2. The number of piperidine rings is 1. The summed E-state index contributed by atoms with van der Waals surface area (Å²) < 4.78 is 15.0. The number of rotatable bonds is 5. The van der Waals surface area contributed by atoms with Gasteiger partial charge < -0.3 is 5.11 Å². The first kappa shape index (κ1) is 21.9. The highest BCUT2D eigenvalue weighted by Gasteiger charge is 2.26. The molecule has 34 heavy (non-hydrogen) atoms. The number of halogens is 1. The molecule has 4 aromatic rings. The van der Waals surface area contributed by atoms with E-state index in [2.05, 4.69) is 26.2 Å². The van der Waals surface area contributed by atoms with Crippen LogP contribution in [0, 0.1) is 5.82 Å². The minimum absolute atomic E-state index is 0.0487. The SMILES string of the molecule is O=C(N=Nc1c(O)n(CN2CCCC[C@H]2c2cccnc2)c2ccccc12)c1ccc(F)cc1. The number of fused-ring (bicyclic) bond motifs is 1. The molecule has 1 atom stereocenters. The molecule has 2 aromatic heterocycles. The molecule has 1 N–H and O–H groups in total. The van der Waals surface area contributed by atoms with Crippen molar-refractivity contribution in [3.05, 3.63) is 90.0 Å². The third-order valence-corrected chi connectivity index (χ3v) is 6.26. The molecule has 1 aliphatic heterocycles. The van der Waals surface area contributed by atoms with E-state index in [1.807, 2.05) is 36.5 Å². The van der Waals surface area contributed by atoms with Crippen LogP contribution in [-0.2, 0) is 6.67 Å². The number of nitrogens with zero attached hydrogens (tertiary/aromatic N) is 5. The third-order valence-electron chi connectivity index (χ3n) is 6.26. The lowest BCUT2D eigenvalue weighted by Crippen LogP contribution is -2.34. The van der Waals surface area contributed by atoms with E-state index in [0.717, 1.165) is 36.9 Å². The Labute approximate surface area is 196 Å². The summed E-state index contributed by atoms with van der Waals surface area (Å²) >= 11 is 0. The number of hydrogen-bond donors (Lipinski definition) is 1. The summed E-state index contributed by atoms with van der Waals surface area (Å²) in [6.45, 7) is 1.36. The maximum absolute atomic E-state index is 13.2. The molecule has 3 heterocycles. The zero-order valence-electron chi connectivity index (χ0n) is 18.5. The summed E-state index contributed by atoms with van der Waals surface area (Å²) in [4.78, 5) is 19.0. The van der Waals surface area contributed by atoms with Crippen LogP contribution in [0.2, 0.25) is 0 Å². The summed E-state index contributed by atoms with van der Waals surface area (Å²) in [7, 11) is 0. The zero-order chi connectivity index (χ0) is 23.5. The second-order valence-electron chi connectivity index (χ2n) is 8.38. The van der Waals surface area contributed by atoms with Crippen molar-refractivity contribution in [3.8, 4) is 5.88 Å². The smallest absolute Gasteiger partial charge is 0.295 e. The molecule has 0 radical (unpaired) electrons. The summed E-state index contributed by atoms with van der Waals surface area (Å²) in [6, 6.07) is 16.9. The van der Waals surface area contributed by atoms with Gasteiger partial charge >= 0.3 is 0 Å². The first-order valence-corrected chi connectivity index (χ1v) is 11.3. The molecule has 1 fully saturated rings. The van der Waals surface area contributed by atoms with Crippen molar-refractivity contribution in [1.29, 1.82) is 0 Å². The van der Waals surface area contributed by atoms with E-state index in [9.17, 15) is 14.3 Å². The van der Waals surface area contributed by atoms with Crippen molar-refractivity contribution in [3.63, 3.8) is 0 Å². The van der Waals surface area contributed by atoms with Crippen LogP contribution in [0.5, 0.6) is 5.88 Å².